The van der Waals surface area contributed by atoms with Crippen LogP contribution in [0.5, 0.6) is 0 Å². The number of amides is 1. The number of nitrogens with zero attached hydrogens (tertiary/aromatic N) is 1. The van der Waals surface area contributed by atoms with Gasteiger partial charge in [-0.3, -0.25) is 4.79 Å². The van der Waals surface area contributed by atoms with Crippen LogP contribution in [-0.4, -0.2) is 22.0 Å². The number of para-hydroxylation sites is 1. The number of fused-ring (bicyclic) bond motifs is 1. The molecule has 1 heterocycles. The zero-order chi connectivity index (χ0) is 22.9. The van der Waals surface area contributed by atoms with Gasteiger partial charge in [-0.15, -0.1) is 0 Å². The lowest BCUT2D eigenvalue weighted by atomic mass is 9.99. The lowest BCUT2D eigenvalue weighted by Crippen LogP contribution is -2.14. The van der Waals surface area contributed by atoms with Crippen molar-refractivity contribution in [3.8, 4) is 11.1 Å². The second-order valence-corrected chi connectivity index (χ2v) is 6.96. The Bertz CT molecular complexity index is 1320. The van der Waals surface area contributed by atoms with Crippen molar-refractivity contribution in [3.63, 3.8) is 0 Å². The topological polar surface area (TPSA) is 79.3 Å². The number of hydrogen-bond donors (Lipinski definition) is 2. The Morgan fingerprint density at radius 1 is 0.875 bits per heavy atom. The first kappa shape index (κ1) is 21.0. The second-order valence-electron chi connectivity index (χ2n) is 6.96. The van der Waals surface area contributed by atoms with Crippen LogP contribution in [0.4, 0.5) is 18.9 Å². The summed E-state index contributed by atoms with van der Waals surface area (Å²) in [5, 5.41) is 12.8. The van der Waals surface area contributed by atoms with Gasteiger partial charge in [0.05, 0.1) is 16.8 Å². The molecule has 3 aromatic carbocycles. The molecule has 5 nitrogen and oxygen atoms in total. The van der Waals surface area contributed by atoms with Crippen molar-refractivity contribution in [1.29, 1.82) is 0 Å². The van der Waals surface area contributed by atoms with Crippen molar-refractivity contribution in [3.05, 3.63) is 95.7 Å². The van der Waals surface area contributed by atoms with E-state index in [1.165, 1.54) is 6.07 Å². The molecule has 0 fully saturated rings. The molecule has 160 valence electrons. The third kappa shape index (κ3) is 4.15. The Morgan fingerprint density at radius 2 is 1.56 bits per heavy atom. The summed E-state index contributed by atoms with van der Waals surface area (Å²) in [4.78, 5) is 28.5. The molecule has 0 saturated heterocycles. The lowest BCUT2D eigenvalue weighted by Gasteiger charge is -2.13. The highest BCUT2D eigenvalue weighted by molar-refractivity contribution is 6.11. The van der Waals surface area contributed by atoms with Gasteiger partial charge in [0.1, 0.15) is 5.69 Å². The number of benzene rings is 3. The minimum Gasteiger partial charge on any atom is -0.477 e. The summed E-state index contributed by atoms with van der Waals surface area (Å²) < 4.78 is 38.3. The Balaban J connectivity index is 1.77. The van der Waals surface area contributed by atoms with Crippen LogP contribution >= 0.6 is 0 Å². The molecule has 32 heavy (non-hydrogen) atoms. The monoisotopic (exact) mass is 436 g/mol. The van der Waals surface area contributed by atoms with E-state index in [0.29, 0.717) is 10.9 Å². The highest BCUT2D eigenvalue weighted by Crippen LogP contribution is 2.33. The maximum absolute atomic E-state index is 12.8. The number of carboxylic acid groups (broad SMARTS) is 1. The fourth-order valence-electron chi connectivity index (χ4n) is 3.32. The van der Waals surface area contributed by atoms with Gasteiger partial charge in [-0.05, 0) is 47.5 Å². The molecule has 0 aliphatic rings. The van der Waals surface area contributed by atoms with Crippen molar-refractivity contribution in [2.75, 3.05) is 5.32 Å². The van der Waals surface area contributed by atoms with Crippen LogP contribution in [0.25, 0.3) is 22.0 Å². The number of pyridine rings is 1. The van der Waals surface area contributed by atoms with Crippen molar-refractivity contribution in [2.24, 2.45) is 0 Å². The number of halogens is 3. The highest BCUT2D eigenvalue weighted by atomic mass is 19.4. The lowest BCUT2D eigenvalue weighted by molar-refractivity contribution is -0.137. The SMILES string of the molecule is O=C(Nc1cccc2c(-c3ccccc3)cc(C(=O)O)nc12)c1ccc(C(F)(F)F)cc1. The third-order valence-corrected chi connectivity index (χ3v) is 4.87. The number of aromatic nitrogens is 1. The smallest absolute Gasteiger partial charge is 0.416 e. The first-order valence-electron chi connectivity index (χ1n) is 9.45. The standard InChI is InChI=1S/C24H15F3N2O3/c25-24(26,27)16-11-9-15(10-12-16)22(30)29-19-8-4-7-17-18(14-5-2-1-3-6-14)13-20(23(31)32)28-21(17)19/h1-13H,(H,29,30)(H,31,32). The highest BCUT2D eigenvalue weighted by Gasteiger charge is 2.30. The largest absolute Gasteiger partial charge is 0.477 e. The number of rotatable bonds is 4. The third-order valence-electron chi connectivity index (χ3n) is 4.87. The Labute approximate surface area is 180 Å². The van der Waals surface area contributed by atoms with Crippen LogP contribution in [0, 0.1) is 0 Å². The number of hydrogen-bond acceptors (Lipinski definition) is 3. The first-order chi connectivity index (χ1) is 15.2. The fourth-order valence-corrected chi connectivity index (χ4v) is 3.32. The summed E-state index contributed by atoms with van der Waals surface area (Å²) in [6, 6.07) is 19.4. The van der Waals surface area contributed by atoms with Crippen LogP contribution in [0.3, 0.4) is 0 Å². The second kappa shape index (κ2) is 8.14. The van der Waals surface area contributed by atoms with Gasteiger partial charge in [-0.25, -0.2) is 9.78 Å². The van der Waals surface area contributed by atoms with Crippen molar-refractivity contribution in [2.45, 2.75) is 6.18 Å². The molecule has 0 atom stereocenters. The van der Waals surface area contributed by atoms with E-state index in [-0.39, 0.29) is 22.5 Å². The first-order valence-corrected chi connectivity index (χ1v) is 9.45. The molecule has 8 heteroatoms. The predicted molar refractivity (Wildman–Crippen MR) is 114 cm³/mol. The maximum Gasteiger partial charge on any atom is 0.416 e. The number of carbonyl (C=O) groups excluding carboxylic acids is 1. The van der Waals surface area contributed by atoms with Gasteiger partial charge in [0.15, 0.2) is 0 Å². The van der Waals surface area contributed by atoms with Gasteiger partial charge in [-0.2, -0.15) is 13.2 Å². The minimum absolute atomic E-state index is 0.0210. The summed E-state index contributed by atoms with van der Waals surface area (Å²) in [7, 11) is 0. The number of carboxylic acids is 1. The van der Waals surface area contributed by atoms with Crippen LogP contribution in [0.2, 0.25) is 0 Å². The molecular formula is C24H15F3N2O3. The van der Waals surface area contributed by atoms with Crippen LogP contribution < -0.4 is 5.32 Å². The summed E-state index contributed by atoms with van der Waals surface area (Å²) in [6.07, 6.45) is -4.50. The van der Waals surface area contributed by atoms with Crippen molar-refractivity contribution >= 4 is 28.5 Å². The number of aromatic carboxylic acids is 1. The summed E-state index contributed by atoms with van der Waals surface area (Å²) in [6.45, 7) is 0. The molecule has 0 radical (unpaired) electrons. The van der Waals surface area contributed by atoms with E-state index in [1.807, 2.05) is 30.3 Å². The molecule has 0 aliphatic heterocycles. The normalized spacial score (nSPS) is 11.3. The molecule has 0 saturated carbocycles. The fraction of sp³-hybridized carbons (Fsp3) is 0.0417. The molecule has 1 aromatic heterocycles. The number of nitrogens with one attached hydrogen (secondary N) is 1. The van der Waals surface area contributed by atoms with E-state index < -0.39 is 23.6 Å². The zero-order valence-corrected chi connectivity index (χ0v) is 16.4. The average molecular weight is 436 g/mol. The molecule has 2 N–H and O–H groups in total. The van der Waals surface area contributed by atoms with E-state index in [1.54, 1.807) is 18.2 Å². The number of carbonyl (C=O) groups is 2. The van der Waals surface area contributed by atoms with Crippen molar-refractivity contribution in [1.82, 2.24) is 4.98 Å². The quantitative estimate of drug-likeness (QED) is 0.419. The number of alkyl halides is 3. The van der Waals surface area contributed by atoms with E-state index in [4.69, 9.17) is 0 Å². The molecule has 0 unspecified atom stereocenters. The average Bonchev–Trinajstić information content (AvgIpc) is 2.78. The van der Waals surface area contributed by atoms with Crippen LogP contribution in [-0.2, 0) is 6.18 Å². The molecule has 4 rings (SSSR count). The van der Waals surface area contributed by atoms with Crippen LogP contribution in [0.1, 0.15) is 26.4 Å². The minimum atomic E-state index is -4.50. The van der Waals surface area contributed by atoms with Gasteiger partial charge in [0.2, 0.25) is 0 Å². The maximum atomic E-state index is 12.8. The van der Waals surface area contributed by atoms with Gasteiger partial charge in [0, 0.05) is 10.9 Å². The molecule has 1 amide bonds. The van der Waals surface area contributed by atoms with E-state index >= 15 is 0 Å². The van der Waals surface area contributed by atoms with Gasteiger partial charge >= 0.3 is 12.1 Å². The molecule has 0 spiro atoms. The number of anilines is 1. The molecular weight excluding hydrogens is 421 g/mol. The summed E-state index contributed by atoms with van der Waals surface area (Å²) in [5.41, 5.74) is 0.853. The van der Waals surface area contributed by atoms with E-state index in [0.717, 1.165) is 29.8 Å². The molecule has 4 aromatic rings. The van der Waals surface area contributed by atoms with Crippen LogP contribution in [0.15, 0.2) is 78.9 Å². The molecule has 0 aliphatic carbocycles. The van der Waals surface area contributed by atoms with E-state index in [2.05, 4.69) is 10.3 Å². The zero-order valence-electron chi connectivity index (χ0n) is 16.4. The summed E-state index contributed by atoms with van der Waals surface area (Å²) >= 11 is 0. The van der Waals surface area contributed by atoms with Gasteiger partial charge in [-0.1, -0.05) is 42.5 Å². The van der Waals surface area contributed by atoms with Gasteiger partial charge < -0.3 is 10.4 Å². The van der Waals surface area contributed by atoms with Crippen molar-refractivity contribution < 1.29 is 27.9 Å². The Hall–Kier alpha value is -4.20. The Kier molecular flexibility index (Phi) is 5.36. The predicted octanol–water partition coefficient (Wildman–Crippen LogP) is 5.87. The van der Waals surface area contributed by atoms with Gasteiger partial charge in [0.25, 0.3) is 5.91 Å². The van der Waals surface area contributed by atoms with E-state index in [9.17, 15) is 27.9 Å². The summed E-state index contributed by atoms with van der Waals surface area (Å²) in [5.74, 6) is -1.87. The molecule has 0 bridgehead atoms. The Morgan fingerprint density at radius 3 is 2.19 bits per heavy atom.